The highest BCUT2D eigenvalue weighted by Crippen LogP contribution is 2.39. The first-order chi connectivity index (χ1) is 23.3. The SMILES string of the molecule is C.CCN(C)S(=O)(=O)c1scc(N)c1O.CCN(C)S(=O)(=O)c1scc(NC(=S)Nc2cccc(Cl)c2Cl)c1O.S=C=Nc1cccc(Cl)c1Cl. The molecule has 0 aliphatic rings. The van der Waals surface area contributed by atoms with E-state index in [1.165, 1.54) is 24.9 Å². The molecule has 0 unspecified atom stereocenters. The quantitative estimate of drug-likeness (QED) is 0.0799. The van der Waals surface area contributed by atoms with Crippen LogP contribution in [0.5, 0.6) is 11.5 Å². The second-order valence-electron chi connectivity index (χ2n) is 9.41. The van der Waals surface area contributed by atoms with Gasteiger partial charge < -0.3 is 26.6 Å². The fraction of sp³-hybridized carbons (Fsp3) is 0.241. The Labute approximate surface area is 336 Å². The molecule has 51 heavy (non-hydrogen) atoms. The summed E-state index contributed by atoms with van der Waals surface area (Å²) >= 11 is 34.9. The zero-order valence-corrected chi connectivity index (χ0v) is 34.4. The van der Waals surface area contributed by atoms with Crippen molar-refractivity contribution in [3.8, 4) is 11.5 Å². The molecule has 6 N–H and O–H groups in total. The molecule has 12 nitrogen and oxygen atoms in total. The van der Waals surface area contributed by atoms with Crippen LogP contribution in [0.2, 0.25) is 20.1 Å². The van der Waals surface area contributed by atoms with Crippen molar-refractivity contribution in [3.05, 3.63) is 67.2 Å². The van der Waals surface area contributed by atoms with E-state index in [-0.39, 0.29) is 50.4 Å². The Morgan fingerprint density at radius 1 is 0.843 bits per heavy atom. The molecular formula is C29H34Cl4N6O6S6. The predicted octanol–water partition coefficient (Wildman–Crippen LogP) is 9.25. The number of nitrogen functional groups attached to an aromatic ring is 1. The molecule has 0 aliphatic carbocycles. The molecule has 280 valence electrons. The summed E-state index contributed by atoms with van der Waals surface area (Å²) < 4.78 is 50.1. The number of sulfonamides is 2. The largest absolute Gasteiger partial charge is 0.504 e. The van der Waals surface area contributed by atoms with Gasteiger partial charge in [0.25, 0.3) is 20.0 Å². The Balaban J connectivity index is 0.000000422. The third-order valence-electron chi connectivity index (χ3n) is 6.22. The van der Waals surface area contributed by atoms with Gasteiger partial charge in [0, 0.05) is 37.9 Å². The van der Waals surface area contributed by atoms with Gasteiger partial charge in [-0.1, -0.05) is 79.8 Å². The Bertz CT molecular complexity index is 2090. The number of benzene rings is 2. The van der Waals surface area contributed by atoms with Gasteiger partial charge in [0.15, 0.2) is 25.0 Å². The Morgan fingerprint density at radius 3 is 1.80 bits per heavy atom. The van der Waals surface area contributed by atoms with Crippen LogP contribution in [0.15, 0.2) is 60.6 Å². The molecule has 0 aliphatic heterocycles. The normalized spacial score (nSPS) is 10.9. The van der Waals surface area contributed by atoms with Gasteiger partial charge in [0.2, 0.25) is 0 Å². The summed E-state index contributed by atoms with van der Waals surface area (Å²) in [5, 5.41) is 32.0. The number of hydrogen-bond acceptors (Lipinski definition) is 12. The van der Waals surface area contributed by atoms with E-state index in [9.17, 15) is 27.0 Å². The number of aromatic hydroxyl groups is 2. The molecule has 4 aromatic rings. The van der Waals surface area contributed by atoms with E-state index in [0.29, 0.717) is 38.0 Å². The molecule has 0 spiro atoms. The third kappa shape index (κ3) is 12.1. The molecule has 0 radical (unpaired) electrons. The molecule has 2 aromatic heterocycles. The molecule has 4 rings (SSSR count). The molecule has 0 bridgehead atoms. The fourth-order valence-electron chi connectivity index (χ4n) is 3.26. The summed E-state index contributed by atoms with van der Waals surface area (Å²) in [4.78, 5) is 3.72. The fourth-order valence-corrected chi connectivity index (χ4v) is 9.45. The third-order valence-corrected chi connectivity index (χ3v) is 15.0. The van der Waals surface area contributed by atoms with Crippen LogP contribution in [0.1, 0.15) is 21.3 Å². The average molecular weight is 897 g/mol. The van der Waals surface area contributed by atoms with E-state index >= 15 is 0 Å². The van der Waals surface area contributed by atoms with Crippen LogP contribution >= 0.6 is 93.5 Å². The number of anilines is 3. The summed E-state index contributed by atoms with van der Waals surface area (Å²) in [6.07, 6.45) is 0. The number of aliphatic imine (C=N–C) groups is 1. The number of nitrogens with one attached hydrogen (secondary N) is 2. The maximum atomic E-state index is 12.3. The van der Waals surface area contributed by atoms with Crippen molar-refractivity contribution in [2.24, 2.45) is 4.99 Å². The standard InChI is InChI=1S/C14H15Cl2N3O3S3.C7H3Cl2NS.C7H12N2O3S2.CH4/c1-3-19(2)25(21,22)13-12(20)10(7-24-13)18-14(23)17-9-6-4-5-8(15)11(9)16;8-5-2-1-3-6(7(5)9)10-4-11;1-3-9(2)14(11,12)7-6(10)5(8)4-13-7;/h4-7,20H,3H2,1-2H3,(H2,17,18,23);1-3H;4,10H,3,8H2,1-2H3;1H4. The Hall–Kier alpha value is -2.29. The number of hydrogen-bond donors (Lipinski definition) is 5. The van der Waals surface area contributed by atoms with Crippen LogP contribution in [0, 0.1) is 0 Å². The molecule has 22 heteroatoms. The molecule has 0 saturated carbocycles. The van der Waals surface area contributed by atoms with Crippen molar-refractivity contribution in [1.29, 1.82) is 0 Å². The van der Waals surface area contributed by atoms with Crippen LogP contribution in [0.4, 0.5) is 22.7 Å². The van der Waals surface area contributed by atoms with Crippen molar-refractivity contribution in [2.75, 3.05) is 43.6 Å². The van der Waals surface area contributed by atoms with E-state index in [1.807, 2.05) is 0 Å². The highest BCUT2D eigenvalue weighted by atomic mass is 35.5. The maximum Gasteiger partial charge on any atom is 0.256 e. The van der Waals surface area contributed by atoms with Crippen molar-refractivity contribution >= 4 is 147 Å². The molecule has 0 amide bonds. The molecule has 2 aromatic carbocycles. The van der Waals surface area contributed by atoms with Crippen LogP contribution in [0.25, 0.3) is 0 Å². The van der Waals surface area contributed by atoms with E-state index in [4.69, 9.17) is 64.4 Å². The maximum absolute atomic E-state index is 12.3. The van der Waals surface area contributed by atoms with E-state index in [1.54, 1.807) is 50.2 Å². The topological polar surface area (TPSA) is 178 Å². The summed E-state index contributed by atoms with van der Waals surface area (Å²) in [6.45, 7) is 4.05. The minimum absolute atomic E-state index is 0. The number of thiocarbonyl (C=S) groups is 2. The van der Waals surface area contributed by atoms with Gasteiger partial charge in [-0.2, -0.15) is 4.99 Å². The van der Waals surface area contributed by atoms with Gasteiger partial charge in [-0.05, 0) is 48.7 Å². The lowest BCUT2D eigenvalue weighted by molar-refractivity contribution is 0.453. The minimum atomic E-state index is -3.75. The van der Waals surface area contributed by atoms with Gasteiger partial charge in [-0.25, -0.2) is 25.4 Å². The van der Waals surface area contributed by atoms with E-state index < -0.39 is 20.0 Å². The first-order valence-corrected chi connectivity index (χ1v) is 20.6. The van der Waals surface area contributed by atoms with Crippen LogP contribution in [-0.2, 0) is 20.0 Å². The van der Waals surface area contributed by atoms with E-state index in [2.05, 4.69) is 33.0 Å². The zero-order chi connectivity index (χ0) is 38.0. The number of nitrogens with two attached hydrogens (primary N) is 1. The molecule has 0 fully saturated rings. The van der Waals surface area contributed by atoms with Gasteiger partial charge in [-0.15, -0.1) is 22.7 Å². The smallest absolute Gasteiger partial charge is 0.256 e. The number of thiophene rings is 2. The number of halogens is 4. The lowest BCUT2D eigenvalue weighted by atomic mass is 10.3. The van der Waals surface area contributed by atoms with Crippen LogP contribution in [0.3, 0.4) is 0 Å². The van der Waals surface area contributed by atoms with Crippen molar-refractivity contribution < 1.29 is 27.0 Å². The molecule has 0 atom stereocenters. The van der Waals surface area contributed by atoms with Gasteiger partial charge in [-0.3, -0.25) is 0 Å². The van der Waals surface area contributed by atoms with Crippen molar-refractivity contribution in [3.63, 3.8) is 0 Å². The summed E-state index contributed by atoms with van der Waals surface area (Å²) in [6, 6.07) is 10.2. The summed E-state index contributed by atoms with van der Waals surface area (Å²) in [5.41, 5.74) is 6.67. The lowest BCUT2D eigenvalue weighted by Crippen LogP contribution is -2.26. The number of rotatable bonds is 9. The van der Waals surface area contributed by atoms with Crippen LogP contribution in [-0.4, -0.2) is 73.1 Å². The second kappa shape index (κ2) is 20.8. The molecule has 2 heterocycles. The van der Waals surface area contributed by atoms with Gasteiger partial charge in [0.05, 0.1) is 48.0 Å². The molecular weight excluding hydrogens is 863 g/mol. The second-order valence-corrected chi connectivity index (χ2v) is 17.8. The predicted molar refractivity (Wildman–Crippen MR) is 222 cm³/mol. The van der Waals surface area contributed by atoms with Gasteiger partial charge in [0.1, 0.15) is 0 Å². The monoisotopic (exact) mass is 894 g/mol. The molecule has 0 saturated heterocycles. The Kier molecular flexibility index (Phi) is 19.1. The minimum Gasteiger partial charge on any atom is -0.504 e. The van der Waals surface area contributed by atoms with Crippen LogP contribution < -0.4 is 16.4 Å². The Morgan fingerprint density at radius 2 is 1.31 bits per heavy atom. The van der Waals surface area contributed by atoms with E-state index in [0.717, 1.165) is 31.3 Å². The first-order valence-electron chi connectivity index (χ1n) is 13.7. The number of isothiocyanates is 1. The van der Waals surface area contributed by atoms with Gasteiger partial charge >= 0.3 is 0 Å². The average Bonchev–Trinajstić information content (AvgIpc) is 3.62. The summed E-state index contributed by atoms with van der Waals surface area (Å²) in [7, 11) is -4.43. The number of nitrogens with zero attached hydrogens (tertiary/aromatic N) is 3. The highest BCUT2D eigenvalue weighted by molar-refractivity contribution is 7.91. The zero-order valence-electron chi connectivity index (χ0n) is 26.4. The first kappa shape index (κ1) is 46.7. The summed E-state index contributed by atoms with van der Waals surface area (Å²) in [5.74, 6) is -0.734. The lowest BCUT2D eigenvalue weighted by Gasteiger charge is -2.14. The van der Waals surface area contributed by atoms with Crippen molar-refractivity contribution in [1.82, 2.24) is 8.61 Å². The van der Waals surface area contributed by atoms with Crippen molar-refractivity contribution in [2.45, 2.75) is 29.7 Å². The highest BCUT2D eigenvalue weighted by Gasteiger charge is 2.28.